The maximum absolute atomic E-state index is 12.4. The second-order valence-electron chi connectivity index (χ2n) is 6.29. The molecule has 0 aliphatic carbocycles. The first kappa shape index (κ1) is 14.7. The number of carbonyl (C=O) groups is 1. The van der Waals surface area contributed by atoms with Crippen LogP contribution in [-0.2, 0) is 4.79 Å². The van der Waals surface area contributed by atoms with Crippen molar-refractivity contribution in [3.05, 3.63) is 0 Å². The molecule has 3 heterocycles. The van der Waals surface area contributed by atoms with Gasteiger partial charge in [-0.3, -0.25) is 4.79 Å². The molecule has 3 aliphatic rings. The van der Waals surface area contributed by atoms with Gasteiger partial charge in [-0.15, -0.1) is 0 Å². The summed E-state index contributed by atoms with van der Waals surface area (Å²) in [6, 6.07) is 1.14. The molecule has 1 atom stereocenters. The van der Waals surface area contributed by atoms with E-state index in [1.54, 1.807) is 0 Å². The van der Waals surface area contributed by atoms with Crippen LogP contribution in [-0.4, -0.2) is 72.0 Å². The van der Waals surface area contributed by atoms with E-state index in [4.69, 9.17) is 0 Å². The fourth-order valence-corrected chi connectivity index (χ4v) is 4.63. The highest BCUT2D eigenvalue weighted by molar-refractivity contribution is 7.99. The number of amides is 1. The van der Waals surface area contributed by atoms with Gasteiger partial charge >= 0.3 is 0 Å². The van der Waals surface area contributed by atoms with E-state index in [0.29, 0.717) is 18.4 Å². The Morgan fingerprint density at radius 2 is 1.90 bits per heavy atom. The zero-order valence-electron chi connectivity index (χ0n) is 12.4. The number of rotatable bonds is 3. The Bertz CT molecular complexity index is 319. The lowest BCUT2D eigenvalue weighted by molar-refractivity contribution is -0.133. The Morgan fingerprint density at radius 3 is 2.55 bits per heavy atom. The summed E-state index contributed by atoms with van der Waals surface area (Å²) >= 11 is 1.97. The van der Waals surface area contributed by atoms with Crippen molar-refractivity contribution in [3.8, 4) is 0 Å². The molecule has 20 heavy (non-hydrogen) atoms. The molecule has 0 aromatic rings. The second-order valence-corrected chi connectivity index (χ2v) is 7.43. The average molecular weight is 297 g/mol. The molecule has 1 unspecified atom stereocenters. The highest BCUT2D eigenvalue weighted by Gasteiger charge is 2.29. The number of hydrogen-bond donors (Lipinski definition) is 1. The molecule has 0 radical (unpaired) electrons. The molecule has 3 saturated heterocycles. The van der Waals surface area contributed by atoms with Gasteiger partial charge in [-0.2, -0.15) is 11.8 Å². The normalized spacial score (nSPS) is 29.8. The first-order chi connectivity index (χ1) is 9.83. The van der Waals surface area contributed by atoms with Crippen LogP contribution >= 0.6 is 11.8 Å². The van der Waals surface area contributed by atoms with Gasteiger partial charge in [0.1, 0.15) is 0 Å². The number of likely N-dealkylation sites (tertiary alicyclic amines) is 2. The Balaban J connectivity index is 1.41. The second kappa shape index (κ2) is 7.14. The molecule has 0 saturated carbocycles. The Hall–Kier alpha value is -0.260. The summed E-state index contributed by atoms with van der Waals surface area (Å²) in [6.45, 7) is 5.56. The Labute approximate surface area is 126 Å². The fraction of sp³-hybridized carbons (Fsp3) is 0.933. The zero-order chi connectivity index (χ0) is 13.8. The summed E-state index contributed by atoms with van der Waals surface area (Å²) in [4.78, 5) is 17.1. The van der Waals surface area contributed by atoms with Crippen molar-refractivity contribution in [3.63, 3.8) is 0 Å². The Kier molecular flexibility index (Phi) is 5.24. The van der Waals surface area contributed by atoms with Crippen molar-refractivity contribution in [2.24, 2.45) is 0 Å². The lowest BCUT2D eigenvalue weighted by Crippen LogP contribution is -2.48. The molecule has 0 spiro atoms. The maximum atomic E-state index is 12.4. The largest absolute Gasteiger partial charge is 0.343 e. The summed E-state index contributed by atoms with van der Waals surface area (Å²) in [5, 5.41) is 3.47. The van der Waals surface area contributed by atoms with Crippen LogP contribution in [0, 0.1) is 0 Å². The first-order valence-corrected chi connectivity index (χ1v) is 9.31. The van der Waals surface area contributed by atoms with Crippen LogP contribution in [0.25, 0.3) is 0 Å². The lowest BCUT2D eigenvalue weighted by atomic mass is 10.0. The van der Waals surface area contributed by atoms with E-state index in [1.165, 1.54) is 44.5 Å². The molecule has 3 fully saturated rings. The van der Waals surface area contributed by atoms with E-state index >= 15 is 0 Å². The van der Waals surface area contributed by atoms with Crippen LogP contribution in [0.5, 0.6) is 0 Å². The summed E-state index contributed by atoms with van der Waals surface area (Å²) in [5.41, 5.74) is 0. The van der Waals surface area contributed by atoms with E-state index in [-0.39, 0.29) is 0 Å². The fourth-order valence-electron chi connectivity index (χ4n) is 3.68. The highest BCUT2D eigenvalue weighted by Crippen LogP contribution is 2.22. The number of thioether (sulfide) groups is 1. The van der Waals surface area contributed by atoms with Crippen LogP contribution < -0.4 is 5.32 Å². The van der Waals surface area contributed by atoms with Crippen LogP contribution in [0.2, 0.25) is 0 Å². The zero-order valence-corrected chi connectivity index (χ0v) is 13.2. The van der Waals surface area contributed by atoms with Crippen LogP contribution in [0.4, 0.5) is 0 Å². The minimum Gasteiger partial charge on any atom is -0.343 e. The van der Waals surface area contributed by atoms with Crippen molar-refractivity contribution in [1.29, 1.82) is 0 Å². The molecule has 1 N–H and O–H groups in total. The van der Waals surface area contributed by atoms with Gasteiger partial charge < -0.3 is 15.1 Å². The number of carbonyl (C=O) groups excluding carboxylic acids is 1. The summed E-state index contributed by atoms with van der Waals surface area (Å²) < 4.78 is 0. The number of hydrogen-bond acceptors (Lipinski definition) is 4. The average Bonchev–Trinajstić information content (AvgIpc) is 3.03. The number of nitrogens with zero attached hydrogens (tertiary/aromatic N) is 2. The van der Waals surface area contributed by atoms with Crippen molar-refractivity contribution in [2.45, 2.75) is 44.2 Å². The van der Waals surface area contributed by atoms with Crippen molar-refractivity contribution in [1.82, 2.24) is 15.1 Å². The minimum absolute atomic E-state index is 0.366. The molecule has 0 bridgehead atoms. The Morgan fingerprint density at radius 1 is 1.15 bits per heavy atom. The van der Waals surface area contributed by atoms with Crippen LogP contribution in [0.1, 0.15) is 32.1 Å². The van der Waals surface area contributed by atoms with Crippen molar-refractivity contribution < 1.29 is 4.79 Å². The molecule has 1 amide bonds. The minimum atomic E-state index is 0.366. The standard InChI is InChI=1S/C15H27N3OS/c19-15(11-13-12-20-10-5-16-13)18-8-3-14(4-9-18)17-6-1-2-7-17/h13-14,16H,1-12H2. The predicted octanol–water partition coefficient (Wildman–Crippen LogP) is 1.17. The van der Waals surface area contributed by atoms with Gasteiger partial charge in [0.2, 0.25) is 5.91 Å². The highest BCUT2D eigenvalue weighted by atomic mass is 32.2. The third-order valence-corrected chi connectivity index (χ3v) is 6.02. The van der Waals surface area contributed by atoms with Gasteiger partial charge in [-0.05, 0) is 38.8 Å². The monoisotopic (exact) mass is 297 g/mol. The van der Waals surface area contributed by atoms with Crippen molar-refractivity contribution >= 4 is 17.7 Å². The number of piperidine rings is 1. The molecule has 5 heteroatoms. The molecular weight excluding hydrogens is 270 g/mol. The molecule has 114 valence electrons. The molecule has 0 aromatic carbocycles. The first-order valence-electron chi connectivity index (χ1n) is 8.16. The molecule has 3 rings (SSSR count). The molecule has 0 aromatic heterocycles. The van der Waals surface area contributed by atoms with Gasteiger partial charge in [0, 0.05) is 49.6 Å². The van der Waals surface area contributed by atoms with Crippen molar-refractivity contribution in [2.75, 3.05) is 44.2 Å². The van der Waals surface area contributed by atoms with E-state index in [0.717, 1.165) is 31.4 Å². The van der Waals surface area contributed by atoms with E-state index in [1.807, 2.05) is 11.8 Å². The third-order valence-electron chi connectivity index (χ3n) is 4.89. The van der Waals surface area contributed by atoms with Crippen LogP contribution in [0.15, 0.2) is 0 Å². The predicted molar refractivity (Wildman–Crippen MR) is 84.1 cm³/mol. The maximum Gasteiger partial charge on any atom is 0.224 e. The van der Waals surface area contributed by atoms with Gasteiger partial charge in [0.05, 0.1) is 0 Å². The molecule has 3 aliphatic heterocycles. The lowest BCUT2D eigenvalue weighted by Gasteiger charge is -2.37. The third kappa shape index (κ3) is 3.68. The summed E-state index contributed by atoms with van der Waals surface area (Å²) in [5.74, 6) is 2.65. The van der Waals surface area contributed by atoms with Gasteiger partial charge in [0.15, 0.2) is 0 Å². The topological polar surface area (TPSA) is 35.6 Å². The van der Waals surface area contributed by atoms with E-state index in [2.05, 4.69) is 15.1 Å². The summed E-state index contributed by atoms with van der Waals surface area (Å²) in [7, 11) is 0. The van der Waals surface area contributed by atoms with E-state index < -0.39 is 0 Å². The van der Waals surface area contributed by atoms with Gasteiger partial charge in [-0.1, -0.05) is 0 Å². The van der Waals surface area contributed by atoms with Gasteiger partial charge in [-0.25, -0.2) is 0 Å². The van der Waals surface area contributed by atoms with Gasteiger partial charge in [0.25, 0.3) is 0 Å². The SMILES string of the molecule is O=C(CC1CSCCN1)N1CCC(N2CCCC2)CC1. The van der Waals surface area contributed by atoms with Crippen LogP contribution in [0.3, 0.4) is 0 Å². The quantitative estimate of drug-likeness (QED) is 0.848. The van der Waals surface area contributed by atoms with E-state index in [9.17, 15) is 4.79 Å². The smallest absolute Gasteiger partial charge is 0.224 e. The number of nitrogens with one attached hydrogen (secondary N) is 1. The molecule has 4 nitrogen and oxygen atoms in total. The summed E-state index contributed by atoms with van der Waals surface area (Å²) in [6.07, 6.45) is 5.78. The molecular formula is C15H27N3OS.